The average molecular weight is 235 g/mol. The minimum absolute atomic E-state index is 0.0393. The predicted molar refractivity (Wildman–Crippen MR) is 43.5 cm³/mol. The van der Waals surface area contributed by atoms with E-state index in [0.29, 0.717) is 0 Å². The fourth-order valence-corrected chi connectivity index (χ4v) is 1.07. The first-order valence-corrected chi connectivity index (χ1v) is 4.44. The predicted octanol–water partition coefficient (Wildman–Crippen LogP) is -1.09. The van der Waals surface area contributed by atoms with Gasteiger partial charge in [0, 0.05) is 0 Å². The van der Waals surface area contributed by atoms with Gasteiger partial charge in [-0.25, -0.2) is 0 Å². The van der Waals surface area contributed by atoms with Crippen LogP contribution in [0.3, 0.4) is 0 Å². The largest absolute Gasteiger partial charge is 0.343 e. The summed E-state index contributed by atoms with van der Waals surface area (Å²) in [5.74, 6) is -1.08. The van der Waals surface area contributed by atoms with Crippen LogP contribution in [0, 0.1) is 0 Å². The number of rotatable bonds is 2. The number of halogens is 1. The van der Waals surface area contributed by atoms with Gasteiger partial charge in [0.05, 0.1) is 11.8 Å². The fraction of sp³-hybridized carbons (Fsp3) is 0.500. The number of hydrogen-bond acceptors (Lipinski definition) is 3. The van der Waals surface area contributed by atoms with Crippen LogP contribution >= 0.6 is 15.9 Å². The summed E-state index contributed by atoms with van der Waals surface area (Å²) in [5.41, 5.74) is 0. The van der Waals surface area contributed by atoms with Crippen molar-refractivity contribution >= 4 is 33.7 Å². The standard InChI is InChI=1S/C6H7BrN2O3/c7-2-5(11)8-3-1-4(10)9-6(3)12/h3H,1-2H2,(H,8,11)(H,9,10,12). The van der Waals surface area contributed by atoms with E-state index in [1.807, 2.05) is 0 Å². The third kappa shape index (κ3) is 2.04. The summed E-state index contributed by atoms with van der Waals surface area (Å²) in [5, 5.41) is 4.61. The third-order valence-corrected chi connectivity index (χ3v) is 1.93. The first-order valence-electron chi connectivity index (χ1n) is 3.32. The van der Waals surface area contributed by atoms with E-state index in [4.69, 9.17) is 0 Å². The highest BCUT2D eigenvalue weighted by Gasteiger charge is 2.31. The molecule has 1 saturated heterocycles. The highest BCUT2D eigenvalue weighted by Crippen LogP contribution is 2.00. The highest BCUT2D eigenvalue weighted by atomic mass is 79.9. The molecule has 0 spiro atoms. The second-order valence-electron chi connectivity index (χ2n) is 2.37. The van der Waals surface area contributed by atoms with Crippen molar-refractivity contribution in [2.24, 2.45) is 0 Å². The van der Waals surface area contributed by atoms with Crippen LogP contribution in [0.25, 0.3) is 0 Å². The van der Waals surface area contributed by atoms with Gasteiger partial charge < -0.3 is 5.32 Å². The van der Waals surface area contributed by atoms with Crippen LogP contribution in [-0.2, 0) is 14.4 Å². The van der Waals surface area contributed by atoms with Gasteiger partial charge in [-0.2, -0.15) is 0 Å². The molecule has 1 heterocycles. The first kappa shape index (κ1) is 9.18. The van der Waals surface area contributed by atoms with Gasteiger partial charge in [-0.3, -0.25) is 19.7 Å². The number of alkyl halides is 1. The van der Waals surface area contributed by atoms with E-state index in [-0.39, 0.29) is 23.6 Å². The number of nitrogens with one attached hydrogen (secondary N) is 2. The van der Waals surface area contributed by atoms with E-state index in [1.54, 1.807) is 0 Å². The lowest BCUT2D eigenvalue weighted by Gasteiger charge is -2.06. The lowest BCUT2D eigenvalue weighted by Crippen LogP contribution is -2.40. The van der Waals surface area contributed by atoms with Crippen molar-refractivity contribution in [3.05, 3.63) is 0 Å². The SMILES string of the molecule is O=C1CC(NC(=O)CBr)C(=O)N1. The summed E-state index contributed by atoms with van der Waals surface area (Å²) >= 11 is 2.93. The molecular weight excluding hydrogens is 228 g/mol. The molecule has 0 aromatic rings. The van der Waals surface area contributed by atoms with Crippen LogP contribution in [0.2, 0.25) is 0 Å². The van der Waals surface area contributed by atoms with E-state index in [0.717, 1.165) is 0 Å². The molecule has 66 valence electrons. The van der Waals surface area contributed by atoms with Gasteiger partial charge in [-0.1, -0.05) is 15.9 Å². The van der Waals surface area contributed by atoms with Gasteiger partial charge in [0.2, 0.25) is 17.7 Å². The van der Waals surface area contributed by atoms with Crippen molar-refractivity contribution in [2.75, 3.05) is 5.33 Å². The minimum atomic E-state index is -0.692. The van der Waals surface area contributed by atoms with Gasteiger partial charge in [-0.05, 0) is 0 Å². The Morgan fingerprint density at radius 2 is 2.33 bits per heavy atom. The summed E-state index contributed by atoms with van der Waals surface area (Å²) in [6.07, 6.45) is 0.0393. The molecule has 5 nitrogen and oxygen atoms in total. The van der Waals surface area contributed by atoms with Crippen molar-refractivity contribution in [3.8, 4) is 0 Å². The average Bonchev–Trinajstić information content (AvgIpc) is 2.30. The Bertz CT molecular complexity index is 241. The maximum Gasteiger partial charge on any atom is 0.249 e. The zero-order valence-electron chi connectivity index (χ0n) is 6.09. The molecule has 12 heavy (non-hydrogen) atoms. The Labute approximate surface area is 77.0 Å². The van der Waals surface area contributed by atoms with Crippen molar-refractivity contribution in [3.63, 3.8) is 0 Å². The molecule has 2 N–H and O–H groups in total. The molecule has 0 aliphatic carbocycles. The summed E-state index contributed by atoms with van der Waals surface area (Å²) in [7, 11) is 0. The summed E-state index contributed by atoms with van der Waals surface area (Å²) in [6.45, 7) is 0. The second kappa shape index (κ2) is 3.66. The normalized spacial score (nSPS) is 22.2. The summed E-state index contributed by atoms with van der Waals surface area (Å²) in [6, 6.07) is -0.692. The van der Waals surface area contributed by atoms with E-state index in [9.17, 15) is 14.4 Å². The molecule has 0 saturated carbocycles. The Hall–Kier alpha value is -0.910. The molecule has 1 aliphatic rings. The zero-order chi connectivity index (χ0) is 9.14. The van der Waals surface area contributed by atoms with Gasteiger partial charge >= 0.3 is 0 Å². The lowest BCUT2D eigenvalue weighted by molar-refractivity contribution is -0.127. The van der Waals surface area contributed by atoms with Crippen LogP contribution in [-0.4, -0.2) is 29.1 Å². The Balaban J connectivity index is 2.48. The number of carbonyl (C=O) groups excluding carboxylic acids is 3. The molecule has 1 fully saturated rings. The molecule has 6 heteroatoms. The molecule has 0 aromatic heterocycles. The maximum atomic E-state index is 10.9. The fourth-order valence-electron chi connectivity index (χ4n) is 0.903. The zero-order valence-corrected chi connectivity index (χ0v) is 7.68. The number of hydrogen-bond donors (Lipinski definition) is 2. The molecule has 3 amide bonds. The molecule has 1 aliphatic heterocycles. The van der Waals surface area contributed by atoms with Crippen LogP contribution in [0.1, 0.15) is 6.42 Å². The third-order valence-electron chi connectivity index (χ3n) is 1.43. The minimum Gasteiger partial charge on any atom is -0.343 e. The van der Waals surface area contributed by atoms with Crippen LogP contribution < -0.4 is 10.6 Å². The molecule has 0 radical (unpaired) electrons. The monoisotopic (exact) mass is 234 g/mol. The van der Waals surface area contributed by atoms with Gasteiger partial charge in [-0.15, -0.1) is 0 Å². The van der Waals surface area contributed by atoms with E-state index in [1.165, 1.54) is 0 Å². The van der Waals surface area contributed by atoms with Crippen molar-refractivity contribution in [1.29, 1.82) is 0 Å². The van der Waals surface area contributed by atoms with Crippen LogP contribution in [0.5, 0.6) is 0 Å². The van der Waals surface area contributed by atoms with Crippen molar-refractivity contribution < 1.29 is 14.4 Å². The molecule has 1 rings (SSSR count). The van der Waals surface area contributed by atoms with E-state index < -0.39 is 11.9 Å². The Kier molecular flexibility index (Phi) is 2.80. The lowest BCUT2D eigenvalue weighted by atomic mass is 10.2. The number of amides is 3. The van der Waals surface area contributed by atoms with Crippen molar-refractivity contribution in [1.82, 2.24) is 10.6 Å². The number of imide groups is 1. The molecule has 1 unspecified atom stereocenters. The Morgan fingerprint density at radius 3 is 2.75 bits per heavy atom. The smallest absolute Gasteiger partial charge is 0.249 e. The van der Waals surface area contributed by atoms with Gasteiger partial charge in [0.25, 0.3) is 0 Å². The topological polar surface area (TPSA) is 75.3 Å². The molecule has 0 bridgehead atoms. The molecule has 1 atom stereocenters. The maximum absolute atomic E-state index is 10.9. The first-order chi connectivity index (χ1) is 5.63. The van der Waals surface area contributed by atoms with E-state index in [2.05, 4.69) is 26.6 Å². The summed E-state index contributed by atoms with van der Waals surface area (Å²) < 4.78 is 0. The molecular formula is C6H7BrN2O3. The van der Waals surface area contributed by atoms with Gasteiger partial charge in [0.15, 0.2) is 0 Å². The highest BCUT2D eigenvalue weighted by molar-refractivity contribution is 9.09. The number of carbonyl (C=O) groups is 3. The van der Waals surface area contributed by atoms with Crippen LogP contribution in [0.4, 0.5) is 0 Å². The molecule has 0 aromatic carbocycles. The van der Waals surface area contributed by atoms with Crippen molar-refractivity contribution in [2.45, 2.75) is 12.5 Å². The van der Waals surface area contributed by atoms with E-state index >= 15 is 0 Å². The quantitative estimate of drug-likeness (QED) is 0.471. The van der Waals surface area contributed by atoms with Gasteiger partial charge in [0.1, 0.15) is 6.04 Å². The second-order valence-corrected chi connectivity index (χ2v) is 2.93. The summed E-state index contributed by atoms with van der Waals surface area (Å²) in [4.78, 5) is 32.3. The Morgan fingerprint density at radius 1 is 1.67 bits per heavy atom. The van der Waals surface area contributed by atoms with Crippen LogP contribution in [0.15, 0.2) is 0 Å².